The monoisotopic (exact) mass is 561 g/mol. The van der Waals surface area contributed by atoms with Gasteiger partial charge in [-0.3, -0.25) is 4.72 Å². The summed E-state index contributed by atoms with van der Waals surface area (Å²) in [6.07, 6.45) is 1.57. The van der Waals surface area contributed by atoms with E-state index in [0.717, 1.165) is 12.1 Å². The molecule has 0 atom stereocenters. The molecule has 4 rings (SSSR count). The minimum absolute atomic E-state index is 0.0243. The zero-order chi connectivity index (χ0) is 26.6. The predicted octanol–water partition coefficient (Wildman–Crippen LogP) is 4.96. The lowest BCUT2D eigenvalue weighted by Gasteiger charge is -2.15. The van der Waals surface area contributed by atoms with E-state index in [1.165, 1.54) is 6.07 Å². The lowest BCUT2D eigenvalue weighted by atomic mass is 10.2. The van der Waals surface area contributed by atoms with Crippen molar-refractivity contribution >= 4 is 50.2 Å². The van der Waals surface area contributed by atoms with Gasteiger partial charge in [0.1, 0.15) is 24.5 Å². The Bertz CT molecular complexity index is 1530. The van der Waals surface area contributed by atoms with E-state index in [1.807, 2.05) is 19.0 Å². The predicted molar refractivity (Wildman–Crippen MR) is 144 cm³/mol. The van der Waals surface area contributed by atoms with E-state index < -0.39 is 10.0 Å². The Hall–Kier alpha value is -3.18. The molecular formula is C25H25Cl2N5O4S. The molecule has 4 aromatic rings. The van der Waals surface area contributed by atoms with Crippen LogP contribution in [0.2, 0.25) is 10.0 Å². The third-order valence-corrected chi connectivity index (χ3v) is 7.52. The van der Waals surface area contributed by atoms with Crippen molar-refractivity contribution in [2.24, 2.45) is 0 Å². The summed E-state index contributed by atoms with van der Waals surface area (Å²) < 4.78 is 40.7. The first kappa shape index (κ1) is 26.9. The number of hydrogen-bond acceptors (Lipinski definition) is 8. The minimum atomic E-state index is -4.05. The number of sulfonamides is 1. The molecular weight excluding hydrogens is 537 g/mol. The molecule has 0 unspecified atom stereocenters. The number of likely N-dealkylation sites (N-methyl/N-ethyl adjacent to an activating group) is 1. The van der Waals surface area contributed by atoms with E-state index in [1.54, 1.807) is 55.6 Å². The van der Waals surface area contributed by atoms with Gasteiger partial charge in [-0.2, -0.15) is 4.98 Å². The average molecular weight is 562 g/mol. The van der Waals surface area contributed by atoms with Gasteiger partial charge in [0, 0.05) is 17.8 Å². The van der Waals surface area contributed by atoms with Gasteiger partial charge in [-0.15, -0.1) is 0 Å². The van der Waals surface area contributed by atoms with Crippen LogP contribution in [0.3, 0.4) is 0 Å². The Kier molecular flexibility index (Phi) is 8.33. The number of benzene rings is 2. The fraction of sp³-hybridized carbons (Fsp3) is 0.240. The molecule has 194 valence electrons. The van der Waals surface area contributed by atoms with Crippen molar-refractivity contribution in [1.82, 2.24) is 19.9 Å². The standard InChI is InChI=1S/C25H25Cl2N5O4S/c1-16-18(26)6-4-8-22(16)37(33,34)31-24-25(30-23-20(29-24)7-5-11-28-23)36-15-17-9-10-19(27)21(14-17)35-13-12-32(2)3/h4-11,14H,12-13,15H2,1-3H3,(H,29,31). The Balaban J connectivity index is 1.62. The zero-order valence-electron chi connectivity index (χ0n) is 20.4. The lowest BCUT2D eigenvalue weighted by Crippen LogP contribution is -2.19. The fourth-order valence-corrected chi connectivity index (χ4v) is 5.02. The third-order valence-electron chi connectivity index (χ3n) is 5.31. The average Bonchev–Trinajstić information content (AvgIpc) is 2.85. The molecule has 2 aromatic heterocycles. The van der Waals surface area contributed by atoms with Crippen molar-refractivity contribution in [1.29, 1.82) is 0 Å². The molecule has 0 aliphatic heterocycles. The molecule has 0 saturated carbocycles. The molecule has 0 aliphatic carbocycles. The number of aromatic nitrogens is 3. The van der Waals surface area contributed by atoms with Gasteiger partial charge in [-0.05, 0) is 68.5 Å². The smallest absolute Gasteiger partial charge is 0.263 e. The van der Waals surface area contributed by atoms with E-state index in [-0.39, 0.29) is 23.2 Å². The summed E-state index contributed by atoms with van der Waals surface area (Å²) in [6, 6.07) is 13.3. The first-order valence-corrected chi connectivity index (χ1v) is 13.5. The molecule has 37 heavy (non-hydrogen) atoms. The second-order valence-corrected chi connectivity index (χ2v) is 10.9. The first-order valence-electron chi connectivity index (χ1n) is 11.2. The van der Waals surface area contributed by atoms with Crippen LogP contribution in [-0.2, 0) is 16.6 Å². The number of anilines is 1. The molecule has 0 saturated heterocycles. The van der Waals surface area contributed by atoms with Gasteiger partial charge in [0.2, 0.25) is 5.82 Å². The largest absolute Gasteiger partial charge is 0.491 e. The van der Waals surface area contributed by atoms with Crippen molar-refractivity contribution in [3.63, 3.8) is 0 Å². The summed E-state index contributed by atoms with van der Waals surface area (Å²) >= 11 is 12.4. The number of hydrogen-bond donors (Lipinski definition) is 1. The molecule has 2 aromatic carbocycles. The lowest BCUT2D eigenvalue weighted by molar-refractivity contribution is 0.259. The quantitative estimate of drug-likeness (QED) is 0.289. The van der Waals surface area contributed by atoms with Gasteiger partial charge in [-0.1, -0.05) is 35.3 Å². The van der Waals surface area contributed by atoms with Gasteiger partial charge < -0.3 is 14.4 Å². The normalized spacial score (nSPS) is 11.6. The van der Waals surface area contributed by atoms with Crippen LogP contribution in [0.4, 0.5) is 5.82 Å². The maximum absolute atomic E-state index is 13.2. The number of nitrogens with zero attached hydrogens (tertiary/aromatic N) is 4. The summed E-state index contributed by atoms with van der Waals surface area (Å²) in [6.45, 7) is 2.88. The first-order chi connectivity index (χ1) is 17.6. The van der Waals surface area contributed by atoms with Crippen LogP contribution in [-0.4, -0.2) is 55.5 Å². The van der Waals surface area contributed by atoms with Gasteiger partial charge in [0.15, 0.2) is 5.65 Å². The number of halogens is 2. The molecule has 0 radical (unpaired) electrons. The maximum atomic E-state index is 13.2. The Morgan fingerprint density at radius 3 is 2.59 bits per heavy atom. The molecule has 2 heterocycles. The van der Waals surface area contributed by atoms with Crippen molar-refractivity contribution in [3.05, 3.63) is 75.9 Å². The van der Waals surface area contributed by atoms with Gasteiger partial charge in [0.05, 0.1) is 9.92 Å². The highest BCUT2D eigenvalue weighted by atomic mass is 35.5. The summed E-state index contributed by atoms with van der Waals surface area (Å²) in [5.41, 5.74) is 1.87. The molecule has 12 heteroatoms. The van der Waals surface area contributed by atoms with Gasteiger partial charge >= 0.3 is 0 Å². The van der Waals surface area contributed by atoms with Crippen LogP contribution in [0.25, 0.3) is 11.2 Å². The summed E-state index contributed by atoms with van der Waals surface area (Å²) in [4.78, 5) is 15.0. The van der Waals surface area contributed by atoms with Gasteiger partial charge in [-0.25, -0.2) is 18.4 Å². The molecule has 0 aliphatic rings. The van der Waals surface area contributed by atoms with E-state index in [2.05, 4.69) is 19.7 Å². The fourth-order valence-electron chi connectivity index (χ4n) is 3.35. The second-order valence-electron chi connectivity index (χ2n) is 8.40. The number of ether oxygens (including phenoxy) is 2. The number of nitrogens with one attached hydrogen (secondary N) is 1. The highest BCUT2D eigenvalue weighted by Gasteiger charge is 2.22. The Labute approximate surface area is 225 Å². The van der Waals surface area contributed by atoms with E-state index >= 15 is 0 Å². The number of pyridine rings is 1. The van der Waals surface area contributed by atoms with E-state index in [0.29, 0.717) is 39.1 Å². The Morgan fingerprint density at radius 1 is 1.00 bits per heavy atom. The zero-order valence-corrected chi connectivity index (χ0v) is 22.7. The molecule has 0 spiro atoms. The van der Waals surface area contributed by atoms with Gasteiger partial charge in [0.25, 0.3) is 15.9 Å². The molecule has 9 nitrogen and oxygen atoms in total. The molecule has 0 bridgehead atoms. The van der Waals surface area contributed by atoms with Crippen LogP contribution in [0.5, 0.6) is 11.6 Å². The van der Waals surface area contributed by atoms with Crippen LogP contribution >= 0.6 is 23.2 Å². The third kappa shape index (κ3) is 6.58. The van der Waals surface area contributed by atoms with Crippen LogP contribution in [0.15, 0.2) is 59.6 Å². The van der Waals surface area contributed by atoms with E-state index in [9.17, 15) is 8.42 Å². The number of fused-ring (bicyclic) bond motifs is 1. The summed E-state index contributed by atoms with van der Waals surface area (Å²) in [7, 11) is -0.144. The summed E-state index contributed by atoms with van der Waals surface area (Å²) in [5.74, 6) is 0.420. The molecule has 0 amide bonds. The van der Waals surface area contributed by atoms with Crippen LogP contribution in [0.1, 0.15) is 11.1 Å². The highest BCUT2D eigenvalue weighted by molar-refractivity contribution is 7.92. The minimum Gasteiger partial charge on any atom is -0.491 e. The summed E-state index contributed by atoms with van der Waals surface area (Å²) in [5, 5.41) is 0.807. The maximum Gasteiger partial charge on any atom is 0.263 e. The van der Waals surface area contributed by atoms with Crippen molar-refractivity contribution in [2.75, 3.05) is 32.0 Å². The Morgan fingerprint density at radius 2 is 1.81 bits per heavy atom. The topological polar surface area (TPSA) is 107 Å². The van der Waals surface area contributed by atoms with Crippen LogP contribution < -0.4 is 14.2 Å². The highest BCUT2D eigenvalue weighted by Crippen LogP contribution is 2.30. The van der Waals surface area contributed by atoms with Crippen molar-refractivity contribution < 1.29 is 17.9 Å². The van der Waals surface area contributed by atoms with E-state index in [4.69, 9.17) is 32.7 Å². The van der Waals surface area contributed by atoms with Crippen molar-refractivity contribution in [2.45, 2.75) is 18.4 Å². The number of rotatable bonds is 10. The SMILES string of the molecule is Cc1c(Cl)cccc1S(=O)(=O)Nc1nc2cccnc2nc1OCc1ccc(Cl)c(OCCN(C)C)c1. The second kappa shape index (κ2) is 11.5. The van der Waals surface area contributed by atoms with Crippen molar-refractivity contribution in [3.8, 4) is 11.6 Å². The van der Waals surface area contributed by atoms with Crippen LogP contribution in [0, 0.1) is 6.92 Å². The molecule has 1 N–H and O–H groups in total. The molecule has 0 fully saturated rings.